The van der Waals surface area contributed by atoms with Crippen LogP contribution >= 0.6 is 0 Å². The molecular weight excluding hydrogens is 737 g/mol. The lowest BCUT2D eigenvalue weighted by Crippen LogP contribution is -2.53. The molecule has 1 aromatic heterocycles. The molecule has 0 radical (unpaired) electrons. The van der Waals surface area contributed by atoms with Crippen LogP contribution in [0.15, 0.2) is 120 Å². The minimum absolute atomic E-state index is 0.0536. The van der Waals surface area contributed by atoms with Gasteiger partial charge >= 0.3 is 5.97 Å². The van der Waals surface area contributed by atoms with Gasteiger partial charge < -0.3 is 34.6 Å². The molecule has 0 saturated heterocycles. The molecule has 0 fully saturated rings. The fourth-order valence-electron chi connectivity index (χ4n) is 6.05. The number of carbonyl (C=O) groups excluding carboxylic acids is 3. The monoisotopic (exact) mass is 784 g/mol. The number of carbonyl (C=O) groups is 4. The van der Waals surface area contributed by atoms with Gasteiger partial charge in [0.15, 0.2) is 11.5 Å². The summed E-state index contributed by atoms with van der Waals surface area (Å²) in [4.78, 5) is 52.9. The molecule has 58 heavy (non-hydrogen) atoms. The number of carboxylic acid groups (broad SMARTS) is 1. The van der Waals surface area contributed by atoms with E-state index in [-0.39, 0.29) is 48.7 Å². The van der Waals surface area contributed by atoms with E-state index in [9.17, 15) is 24.3 Å². The Hall–Kier alpha value is -6.87. The number of aromatic carboxylic acids is 1. The molecular formula is C46H48N4O8. The molecule has 0 spiro atoms. The Balaban J connectivity index is 1.13. The maximum absolute atomic E-state index is 13.9. The number of nitrogens with zero attached hydrogens (tertiary/aromatic N) is 2. The first kappa shape index (κ1) is 42.3. The number of aromatic nitrogens is 1. The van der Waals surface area contributed by atoms with Gasteiger partial charge in [0.1, 0.15) is 29.9 Å². The summed E-state index contributed by atoms with van der Waals surface area (Å²) in [6, 6.07) is 33.9. The van der Waals surface area contributed by atoms with Crippen LogP contribution in [0, 0.1) is 12.3 Å². The number of terminal acetylenes is 1. The second kappa shape index (κ2) is 22.6. The lowest BCUT2D eigenvalue weighted by atomic mass is 10.1. The molecule has 0 aliphatic rings. The number of hydrogen-bond donors (Lipinski definition) is 3. The average molecular weight is 785 g/mol. The second-order valence-corrected chi connectivity index (χ2v) is 13.6. The van der Waals surface area contributed by atoms with Gasteiger partial charge in [-0.05, 0) is 85.3 Å². The molecule has 12 nitrogen and oxygen atoms in total. The molecule has 0 aliphatic carbocycles. The fourth-order valence-corrected chi connectivity index (χ4v) is 6.05. The number of ether oxygens (including phenoxy) is 2. The predicted molar refractivity (Wildman–Crippen MR) is 219 cm³/mol. The Bertz CT molecular complexity index is 2100. The predicted octanol–water partition coefficient (Wildman–Crippen LogP) is 7.45. The molecule has 3 amide bonds. The van der Waals surface area contributed by atoms with Gasteiger partial charge in [-0.15, -0.1) is 12.3 Å². The molecule has 0 aliphatic heterocycles. The van der Waals surface area contributed by atoms with Crippen LogP contribution in [0.2, 0.25) is 0 Å². The summed E-state index contributed by atoms with van der Waals surface area (Å²) in [6.07, 6.45) is 9.46. The van der Waals surface area contributed by atoms with E-state index in [4.69, 9.17) is 20.4 Å². The number of rotatable bonds is 23. The van der Waals surface area contributed by atoms with Crippen molar-refractivity contribution in [3.05, 3.63) is 132 Å². The summed E-state index contributed by atoms with van der Waals surface area (Å²) in [7, 11) is 0. The molecule has 4 aromatic carbocycles. The van der Waals surface area contributed by atoms with Crippen molar-refractivity contribution in [2.45, 2.75) is 64.0 Å². The third-order valence-electron chi connectivity index (χ3n) is 9.24. The van der Waals surface area contributed by atoms with Crippen molar-refractivity contribution in [1.82, 2.24) is 20.7 Å². The summed E-state index contributed by atoms with van der Waals surface area (Å²) in [6.45, 7) is 0.939. The van der Waals surface area contributed by atoms with E-state index >= 15 is 0 Å². The van der Waals surface area contributed by atoms with E-state index in [1.807, 2.05) is 84.9 Å². The molecule has 12 heteroatoms. The maximum atomic E-state index is 13.9. The van der Waals surface area contributed by atoms with E-state index in [0.717, 1.165) is 16.9 Å². The Labute approximate surface area is 338 Å². The first-order chi connectivity index (χ1) is 28.3. The minimum Gasteiger partial charge on any atom is -0.491 e. The summed E-state index contributed by atoms with van der Waals surface area (Å²) >= 11 is 0. The first-order valence-electron chi connectivity index (χ1n) is 19.4. The second-order valence-electron chi connectivity index (χ2n) is 13.6. The van der Waals surface area contributed by atoms with Crippen molar-refractivity contribution in [2.24, 2.45) is 0 Å². The minimum atomic E-state index is -1.20. The largest absolute Gasteiger partial charge is 0.491 e. The van der Waals surface area contributed by atoms with Gasteiger partial charge in [-0.3, -0.25) is 14.4 Å². The number of para-hydroxylation sites is 1. The maximum Gasteiger partial charge on any atom is 0.358 e. The van der Waals surface area contributed by atoms with Crippen LogP contribution in [-0.4, -0.2) is 64.6 Å². The lowest BCUT2D eigenvalue weighted by molar-refractivity contribution is -0.141. The zero-order valence-electron chi connectivity index (χ0n) is 32.3. The van der Waals surface area contributed by atoms with E-state index < -0.39 is 12.0 Å². The van der Waals surface area contributed by atoms with Crippen molar-refractivity contribution in [3.8, 4) is 40.9 Å². The van der Waals surface area contributed by atoms with Crippen LogP contribution in [0.25, 0.3) is 11.3 Å². The molecule has 300 valence electrons. The van der Waals surface area contributed by atoms with Crippen molar-refractivity contribution in [2.75, 3.05) is 19.7 Å². The van der Waals surface area contributed by atoms with Crippen LogP contribution in [0.4, 0.5) is 0 Å². The highest BCUT2D eigenvalue weighted by atomic mass is 16.5. The highest BCUT2D eigenvalue weighted by molar-refractivity contribution is 5.88. The molecule has 1 heterocycles. The molecule has 0 bridgehead atoms. The topological polar surface area (TPSA) is 160 Å². The van der Waals surface area contributed by atoms with Crippen LogP contribution in [0.1, 0.15) is 66.6 Å². The van der Waals surface area contributed by atoms with Crippen molar-refractivity contribution in [1.29, 1.82) is 0 Å². The quantitative estimate of drug-likeness (QED) is 0.0452. The van der Waals surface area contributed by atoms with Crippen LogP contribution in [-0.2, 0) is 27.3 Å². The zero-order chi connectivity index (χ0) is 41.0. The van der Waals surface area contributed by atoms with E-state index in [0.29, 0.717) is 75.1 Å². The van der Waals surface area contributed by atoms with Crippen molar-refractivity contribution >= 4 is 23.7 Å². The highest BCUT2D eigenvalue weighted by Gasteiger charge is 2.30. The summed E-state index contributed by atoms with van der Waals surface area (Å²) in [5.41, 5.74) is 2.36. The summed E-state index contributed by atoms with van der Waals surface area (Å²) < 4.78 is 17.1. The Morgan fingerprint density at radius 3 is 2.16 bits per heavy atom. The first-order valence-corrected chi connectivity index (χ1v) is 19.4. The summed E-state index contributed by atoms with van der Waals surface area (Å²) in [5, 5.41) is 18.7. The standard InChI is InChI=1S/C46H48N4O8/c1-2-3-7-19-44(52)50(30-28-34-14-8-4-9-15-34)41(33-56-37-26-22-36(23-27-37)42-31-40(46(54)55)49-58-42)45(53)47-29-13-6-12-18-43(51)48-32-35-20-24-39(25-21-35)57-38-16-10-5-11-17-38/h1,4-5,8-11,14-17,20-27,31,41H,3,6-7,12-13,18-19,28-30,32-33H2,(H,47,53)(H,48,51)(H,54,55). The van der Waals surface area contributed by atoms with Gasteiger partial charge in [0.2, 0.25) is 17.7 Å². The lowest BCUT2D eigenvalue weighted by Gasteiger charge is -2.31. The number of amides is 3. The Morgan fingerprint density at radius 1 is 0.776 bits per heavy atom. The van der Waals surface area contributed by atoms with E-state index in [1.165, 1.54) is 6.07 Å². The summed E-state index contributed by atoms with van der Waals surface area (Å²) in [5.74, 6) is 2.96. The Morgan fingerprint density at radius 2 is 1.47 bits per heavy atom. The van der Waals surface area contributed by atoms with Crippen LogP contribution in [0.5, 0.6) is 17.2 Å². The van der Waals surface area contributed by atoms with Crippen molar-refractivity contribution in [3.63, 3.8) is 0 Å². The highest BCUT2D eigenvalue weighted by Crippen LogP contribution is 2.24. The van der Waals surface area contributed by atoms with Gasteiger partial charge in [-0.25, -0.2) is 4.79 Å². The van der Waals surface area contributed by atoms with E-state index in [2.05, 4.69) is 21.7 Å². The average Bonchev–Trinajstić information content (AvgIpc) is 3.75. The smallest absolute Gasteiger partial charge is 0.358 e. The SMILES string of the molecule is C#CCCCC(=O)N(CCc1ccccc1)C(COc1ccc(-c2cc(C(=O)O)no2)cc1)C(=O)NCCCCCC(=O)NCc1ccc(Oc2ccccc2)cc1. The van der Waals surface area contributed by atoms with Gasteiger partial charge in [0.25, 0.3) is 0 Å². The van der Waals surface area contributed by atoms with Gasteiger partial charge in [-0.2, -0.15) is 0 Å². The van der Waals surface area contributed by atoms with Crippen LogP contribution in [0.3, 0.4) is 0 Å². The van der Waals surface area contributed by atoms with Gasteiger partial charge in [0, 0.05) is 50.5 Å². The van der Waals surface area contributed by atoms with Crippen molar-refractivity contribution < 1.29 is 38.3 Å². The van der Waals surface area contributed by atoms with E-state index in [1.54, 1.807) is 29.2 Å². The molecule has 1 atom stereocenters. The van der Waals surface area contributed by atoms with Crippen LogP contribution < -0.4 is 20.1 Å². The Kier molecular flexibility index (Phi) is 16.5. The van der Waals surface area contributed by atoms with Gasteiger partial charge in [0.05, 0.1) is 0 Å². The molecule has 5 rings (SSSR count). The number of unbranched alkanes of at least 4 members (excludes halogenated alkanes) is 3. The third kappa shape index (κ3) is 13.7. The molecule has 5 aromatic rings. The molecule has 1 unspecified atom stereocenters. The van der Waals surface area contributed by atoms with Gasteiger partial charge in [-0.1, -0.05) is 72.2 Å². The third-order valence-corrected chi connectivity index (χ3v) is 9.24. The number of hydrogen-bond acceptors (Lipinski definition) is 8. The molecule has 0 saturated carbocycles. The number of benzene rings is 4. The molecule has 3 N–H and O–H groups in total. The normalized spacial score (nSPS) is 11.2. The number of nitrogens with one attached hydrogen (secondary N) is 2. The number of carboxylic acids is 1. The fraction of sp³-hybridized carbons (Fsp3) is 0.283. The zero-order valence-corrected chi connectivity index (χ0v) is 32.3.